The second kappa shape index (κ2) is 4.38. The maximum absolute atomic E-state index is 10.3. The summed E-state index contributed by atoms with van der Waals surface area (Å²) in [6.07, 6.45) is -0.201. The van der Waals surface area contributed by atoms with Crippen LogP contribution in [0.4, 0.5) is 0 Å². The molecule has 3 aliphatic rings. The number of aromatic hydroxyl groups is 1. The van der Waals surface area contributed by atoms with Gasteiger partial charge in [-0.15, -0.1) is 0 Å². The fourth-order valence-electron chi connectivity index (χ4n) is 3.45. The zero-order chi connectivity index (χ0) is 15.6. The second-order valence-electron chi connectivity index (χ2n) is 5.73. The number of phenols is 1. The molecule has 3 aliphatic heterocycles. The van der Waals surface area contributed by atoms with E-state index in [1.54, 1.807) is 6.07 Å². The van der Waals surface area contributed by atoms with Crippen molar-refractivity contribution in [1.29, 1.82) is 0 Å². The number of methoxy groups -OCH3 is 1. The molecule has 118 valence electrons. The van der Waals surface area contributed by atoms with Gasteiger partial charge < -0.3 is 28.8 Å². The second-order valence-corrected chi connectivity index (χ2v) is 5.73. The van der Waals surface area contributed by atoms with Gasteiger partial charge in [0.25, 0.3) is 0 Å². The number of rotatable bonds is 1. The Morgan fingerprint density at radius 3 is 2.70 bits per heavy atom. The minimum absolute atomic E-state index is 0.0113. The van der Waals surface area contributed by atoms with Gasteiger partial charge in [0, 0.05) is 17.2 Å². The van der Waals surface area contributed by atoms with Crippen LogP contribution in [0.25, 0.3) is 0 Å². The molecule has 6 nitrogen and oxygen atoms in total. The predicted octanol–water partition coefficient (Wildman–Crippen LogP) is 2.74. The van der Waals surface area contributed by atoms with Gasteiger partial charge in [0.1, 0.15) is 11.9 Å². The standard InChI is InChI=1S/C17H14O6/c1-19-11-3-2-8-16-10(6-20-17(8)15(11)18)9-4-13-14(22-7-21-13)5-12(9)23-16/h2-5,10,16,18H,6-7H2,1H3. The van der Waals surface area contributed by atoms with E-state index in [1.807, 2.05) is 18.2 Å². The summed E-state index contributed by atoms with van der Waals surface area (Å²) in [6, 6.07) is 7.41. The van der Waals surface area contributed by atoms with Crippen LogP contribution in [0.3, 0.4) is 0 Å². The van der Waals surface area contributed by atoms with E-state index in [0.717, 1.165) is 22.6 Å². The molecule has 0 aliphatic carbocycles. The molecule has 0 saturated carbocycles. The Labute approximate surface area is 132 Å². The van der Waals surface area contributed by atoms with Crippen LogP contribution < -0.4 is 23.7 Å². The van der Waals surface area contributed by atoms with E-state index in [4.69, 9.17) is 23.7 Å². The average molecular weight is 314 g/mol. The first-order valence-electron chi connectivity index (χ1n) is 7.39. The summed E-state index contributed by atoms with van der Waals surface area (Å²) in [5, 5.41) is 10.3. The monoisotopic (exact) mass is 314 g/mol. The molecule has 6 heteroatoms. The summed E-state index contributed by atoms with van der Waals surface area (Å²) in [5.74, 6) is 3.09. The summed E-state index contributed by atoms with van der Waals surface area (Å²) >= 11 is 0. The normalized spacial score (nSPS) is 22.5. The van der Waals surface area contributed by atoms with Crippen LogP contribution in [-0.4, -0.2) is 25.6 Å². The SMILES string of the molecule is COc1ccc2c(c1O)OCC1c3cc4c(cc3OC21)OCO4. The van der Waals surface area contributed by atoms with Crippen LogP contribution >= 0.6 is 0 Å². The van der Waals surface area contributed by atoms with Gasteiger partial charge in [-0.25, -0.2) is 0 Å². The number of ether oxygens (including phenoxy) is 5. The van der Waals surface area contributed by atoms with Crippen molar-refractivity contribution < 1.29 is 28.8 Å². The van der Waals surface area contributed by atoms with Gasteiger partial charge >= 0.3 is 0 Å². The van der Waals surface area contributed by atoms with Crippen molar-refractivity contribution in [2.75, 3.05) is 20.5 Å². The minimum atomic E-state index is -0.201. The topological polar surface area (TPSA) is 66.4 Å². The first kappa shape index (κ1) is 12.8. The van der Waals surface area contributed by atoms with E-state index in [2.05, 4.69) is 0 Å². The smallest absolute Gasteiger partial charge is 0.231 e. The minimum Gasteiger partial charge on any atom is -0.502 e. The maximum atomic E-state index is 10.3. The highest BCUT2D eigenvalue weighted by molar-refractivity contribution is 5.61. The zero-order valence-corrected chi connectivity index (χ0v) is 12.4. The van der Waals surface area contributed by atoms with E-state index in [0.29, 0.717) is 23.9 Å². The Hall–Kier alpha value is -2.76. The number of hydrogen-bond acceptors (Lipinski definition) is 6. The van der Waals surface area contributed by atoms with Crippen LogP contribution in [0.1, 0.15) is 23.1 Å². The highest BCUT2D eigenvalue weighted by Crippen LogP contribution is 2.56. The Kier molecular flexibility index (Phi) is 2.43. The summed E-state index contributed by atoms with van der Waals surface area (Å²) in [4.78, 5) is 0. The van der Waals surface area contributed by atoms with Gasteiger partial charge in [0.2, 0.25) is 12.5 Å². The summed E-state index contributed by atoms with van der Waals surface area (Å²) in [6.45, 7) is 0.657. The Balaban J connectivity index is 1.60. The lowest BCUT2D eigenvalue weighted by molar-refractivity contribution is 0.134. The lowest BCUT2D eigenvalue weighted by Gasteiger charge is -2.28. The Bertz CT molecular complexity index is 815. The molecule has 1 N–H and O–H groups in total. The van der Waals surface area contributed by atoms with Crippen molar-refractivity contribution in [3.8, 4) is 34.5 Å². The van der Waals surface area contributed by atoms with Gasteiger partial charge in [0.15, 0.2) is 23.0 Å². The molecule has 23 heavy (non-hydrogen) atoms. The Morgan fingerprint density at radius 2 is 1.87 bits per heavy atom. The van der Waals surface area contributed by atoms with E-state index in [9.17, 15) is 5.11 Å². The van der Waals surface area contributed by atoms with Crippen molar-refractivity contribution in [2.45, 2.75) is 12.0 Å². The van der Waals surface area contributed by atoms with Crippen LogP contribution in [-0.2, 0) is 0 Å². The van der Waals surface area contributed by atoms with Crippen molar-refractivity contribution in [3.63, 3.8) is 0 Å². The van der Waals surface area contributed by atoms with E-state index >= 15 is 0 Å². The number of hydrogen-bond donors (Lipinski definition) is 1. The van der Waals surface area contributed by atoms with Crippen molar-refractivity contribution in [2.24, 2.45) is 0 Å². The van der Waals surface area contributed by atoms with E-state index in [1.165, 1.54) is 7.11 Å². The first-order valence-corrected chi connectivity index (χ1v) is 7.39. The molecule has 2 atom stereocenters. The van der Waals surface area contributed by atoms with Gasteiger partial charge in [-0.1, -0.05) is 0 Å². The Morgan fingerprint density at radius 1 is 1.04 bits per heavy atom. The molecule has 0 aromatic heterocycles. The van der Waals surface area contributed by atoms with Gasteiger partial charge in [-0.3, -0.25) is 0 Å². The molecule has 3 heterocycles. The summed E-state index contributed by atoms with van der Waals surface area (Å²) in [7, 11) is 1.51. The molecule has 2 unspecified atom stereocenters. The number of fused-ring (bicyclic) bond motifs is 6. The van der Waals surface area contributed by atoms with Crippen LogP contribution in [0.15, 0.2) is 24.3 Å². The molecule has 2 aromatic carbocycles. The zero-order valence-electron chi connectivity index (χ0n) is 12.4. The third-order valence-electron chi connectivity index (χ3n) is 4.58. The molecule has 5 rings (SSSR count). The fourth-order valence-corrected chi connectivity index (χ4v) is 3.45. The first-order chi connectivity index (χ1) is 11.3. The lowest BCUT2D eigenvalue weighted by atomic mass is 9.89. The molecule has 2 aromatic rings. The number of benzene rings is 2. The lowest BCUT2D eigenvalue weighted by Crippen LogP contribution is -2.23. The molecule has 0 spiro atoms. The molecule has 0 fully saturated rings. The van der Waals surface area contributed by atoms with Crippen LogP contribution in [0, 0.1) is 0 Å². The van der Waals surface area contributed by atoms with Crippen LogP contribution in [0.2, 0.25) is 0 Å². The fraction of sp³-hybridized carbons (Fsp3) is 0.294. The third-order valence-corrected chi connectivity index (χ3v) is 4.58. The highest BCUT2D eigenvalue weighted by Gasteiger charge is 2.43. The third kappa shape index (κ3) is 1.63. The van der Waals surface area contributed by atoms with Gasteiger partial charge in [-0.2, -0.15) is 0 Å². The summed E-state index contributed by atoms with van der Waals surface area (Å²) < 4.78 is 27.9. The molecule has 0 saturated heterocycles. The van der Waals surface area contributed by atoms with Gasteiger partial charge in [-0.05, 0) is 18.2 Å². The van der Waals surface area contributed by atoms with Crippen LogP contribution in [0.5, 0.6) is 34.5 Å². The molecule has 0 bridgehead atoms. The molecule has 0 amide bonds. The summed E-state index contributed by atoms with van der Waals surface area (Å²) in [5.41, 5.74) is 1.86. The van der Waals surface area contributed by atoms with E-state index < -0.39 is 0 Å². The van der Waals surface area contributed by atoms with Crippen molar-refractivity contribution in [1.82, 2.24) is 0 Å². The number of phenolic OH excluding ortho intramolecular Hbond substituents is 1. The van der Waals surface area contributed by atoms with E-state index in [-0.39, 0.29) is 24.6 Å². The van der Waals surface area contributed by atoms with Gasteiger partial charge in [0.05, 0.1) is 19.6 Å². The molecular weight excluding hydrogens is 300 g/mol. The largest absolute Gasteiger partial charge is 0.502 e. The van der Waals surface area contributed by atoms with Crippen molar-refractivity contribution >= 4 is 0 Å². The van der Waals surface area contributed by atoms with Crippen molar-refractivity contribution in [3.05, 3.63) is 35.4 Å². The highest BCUT2D eigenvalue weighted by atomic mass is 16.7. The molecular formula is C17H14O6. The molecule has 0 radical (unpaired) electrons. The predicted molar refractivity (Wildman–Crippen MR) is 78.8 cm³/mol. The average Bonchev–Trinajstić information content (AvgIpc) is 3.16. The maximum Gasteiger partial charge on any atom is 0.231 e. The quantitative estimate of drug-likeness (QED) is 0.873.